The van der Waals surface area contributed by atoms with E-state index in [1.54, 1.807) is 22.9 Å². The Morgan fingerprint density at radius 2 is 1.74 bits per heavy atom. The van der Waals surface area contributed by atoms with Crippen LogP contribution in [-0.4, -0.2) is 70.4 Å². The molecule has 4 aliphatic rings. The van der Waals surface area contributed by atoms with Crippen LogP contribution in [0.15, 0.2) is 22.8 Å². The van der Waals surface area contributed by atoms with E-state index in [9.17, 15) is 24.0 Å². The van der Waals surface area contributed by atoms with Crippen molar-refractivity contribution in [3.63, 3.8) is 0 Å². The number of nitrogens with two attached hydrogens (primary N) is 1. The number of thioether (sulfide) groups is 1. The minimum Gasteiger partial charge on any atom is -0.468 e. The number of urea groups is 1. The Kier molecular flexibility index (Phi) is 9.85. The molecule has 12 heteroatoms. The van der Waals surface area contributed by atoms with Crippen molar-refractivity contribution in [2.45, 2.75) is 122 Å². The van der Waals surface area contributed by atoms with Gasteiger partial charge in [-0.3, -0.25) is 19.2 Å². The normalized spacial score (nSPS) is 27.2. The summed E-state index contributed by atoms with van der Waals surface area (Å²) in [6.07, 6.45) is 8.75. The van der Waals surface area contributed by atoms with E-state index in [-0.39, 0.29) is 23.2 Å². The predicted octanol–water partition coefficient (Wildman–Crippen LogP) is 4.14. The van der Waals surface area contributed by atoms with Crippen LogP contribution in [0.3, 0.4) is 0 Å². The van der Waals surface area contributed by atoms with Crippen LogP contribution in [0.1, 0.15) is 98.7 Å². The number of hydrogen-bond acceptors (Lipinski definition) is 7. The molecule has 5 amide bonds. The van der Waals surface area contributed by atoms with Gasteiger partial charge in [-0.05, 0) is 54.1 Å². The fourth-order valence-corrected chi connectivity index (χ4v) is 9.41. The second-order valence-corrected chi connectivity index (χ2v) is 17.2. The highest BCUT2D eigenvalue weighted by Gasteiger charge is 2.78. The molecule has 5 N–H and O–H groups in total. The van der Waals surface area contributed by atoms with E-state index in [0.717, 1.165) is 56.5 Å². The van der Waals surface area contributed by atoms with E-state index in [0.29, 0.717) is 18.7 Å². The third-order valence-corrected chi connectivity index (χ3v) is 12.9. The van der Waals surface area contributed by atoms with E-state index in [2.05, 4.69) is 29.8 Å². The number of furan rings is 1. The van der Waals surface area contributed by atoms with Crippen molar-refractivity contribution in [3.8, 4) is 0 Å². The highest BCUT2D eigenvalue weighted by atomic mass is 32.2. The van der Waals surface area contributed by atoms with Gasteiger partial charge in [0.1, 0.15) is 17.8 Å². The number of piperidine rings is 1. The standard InChI is InChI=1S/C35H53N5O6S/c1-32(2,3)26(38-31(45)39-35(14-8-7-9-15-35)20-47-19-22-11-10-16-46-22)30(44)40-18-24-33(4,5)34(24,6)27(40)29(43)37-23(17-21-12-13-21)25(41)28(36)42/h10-11,16,21,23-24,26-27H,7-9,12-15,17-20H2,1-6H3,(H2,36,42)(H,37,43)(H2,38,39,45)/t23?,24?,26-,27-,34+/m1/s1. The first kappa shape index (κ1) is 35.3. The minimum absolute atomic E-state index is 0.0644. The van der Waals surface area contributed by atoms with Crippen LogP contribution in [0, 0.1) is 28.1 Å². The zero-order valence-electron chi connectivity index (χ0n) is 28.8. The highest BCUT2D eigenvalue weighted by Crippen LogP contribution is 2.74. The summed E-state index contributed by atoms with van der Waals surface area (Å²) in [6, 6.07) is 0.623. The molecule has 11 nitrogen and oxygen atoms in total. The number of nitrogens with zero attached hydrogens (tertiary/aromatic N) is 1. The molecule has 5 rings (SSSR count). The number of fused-ring (bicyclic) bond motifs is 1. The van der Waals surface area contributed by atoms with Gasteiger partial charge in [0, 0.05) is 17.7 Å². The summed E-state index contributed by atoms with van der Waals surface area (Å²) in [5.74, 6) is -0.0347. The quantitative estimate of drug-likeness (QED) is 0.229. The maximum absolute atomic E-state index is 14.5. The zero-order chi connectivity index (χ0) is 34.4. The van der Waals surface area contributed by atoms with Crippen LogP contribution in [-0.2, 0) is 24.9 Å². The largest absolute Gasteiger partial charge is 0.468 e. The molecule has 2 heterocycles. The van der Waals surface area contributed by atoms with Crippen molar-refractivity contribution >= 4 is 41.3 Å². The number of amides is 5. The first-order chi connectivity index (χ1) is 22.0. The molecule has 1 aromatic rings. The highest BCUT2D eigenvalue weighted by molar-refractivity contribution is 7.98. The number of nitrogens with one attached hydrogen (secondary N) is 3. The lowest BCUT2D eigenvalue weighted by molar-refractivity contribution is -0.146. The second kappa shape index (κ2) is 13.1. The number of carbonyl (C=O) groups excluding carboxylic acids is 5. The third kappa shape index (κ3) is 7.22. The van der Waals surface area contributed by atoms with Gasteiger partial charge < -0.3 is 31.0 Å². The molecule has 0 bridgehead atoms. The first-order valence-electron chi connectivity index (χ1n) is 17.1. The Hall–Kier alpha value is -3.02. The van der Waals surface area contributed by atoms with Crippen molar-refractivity contribution in [2.24, 2.45) is 33.8 Å². The van der Waals surface area contributed by atoms with E-state index >= 15 is 0 Å². The second-order valence-electron chi connectivity index (χ2n) is 16.2. The zero-order valence-corrected chi connectivity index (χ0v) is 29.6. The van der Waals surface area contributed by atoms with Gasteiger partial charge in [0.15, 0.2) is 0 Å². The minimum atomic E-state index is -1.08. The molecule has 4 fully saturated rings. The van der Waals surface area contributed by atoms with Gasteiger partial charge in [0.25, 0.3) is 5.91 Å². The predicted molar refractivity (Wildman–Crippen MR) is 180 cm³/mol. The Bertz CT molecular complexity index is 1360. The molecule has 3 aliphatic carbocycles. The molecule has 5 atom stereocenters. The molecular weight excluding hydrogens is 618 g/mol. The van der Waals surface area contributed by atoms with E-state index in [1.807, 2.05) is 39.8 Å². The SMILES string of the molecule is CC(C)(C)[C@H](NC(=O)NC1(CSCc2ccco2)CCCCC1)C(=O)N1CC2C(C)(C)[C@]2(C)[C@H]1C(=O)NC(CC1CC1)C(=O)C(N)=O. The summed E-state index contributed by atoms with van der Waals surface area (Å²) in [5, 5.41) is 9.13. The Morgan fingerprint density at radius 3 is 2.32 bits per heavy atom. The van der Waals surface area contributed by atoms with Crippen molar-refractivity contribution in [1.29, 1.82) is 0 Å². The summed E-state index contributed by atoms with van der Waals surface area (Å²) in [7, 11) is 0. The van der Waals surface area contributed by atoms with Crippen LogP contribution in [0.2, 0.25) is 0 Å². The molecule has 1 aliphatic heterocycles. The fraction of sp³-hybridized carbons (Fsp3) is 0.743. The molecule has 2 unspecified atom stereocenters. The van der Waals surface area contributed by atoms with Crippen molar-refractivity contribution < 1.29 is 28.4 Å². The maximum atomic E-state index is 14.5. The molecule has 1 aromatic heterocycles. The monoisotopic (exact) mass is 671 g/mol. The lowest BCUT2D eigenvalue weighted by Crippen LogP contribution is -2.64. The molecule has 0 aromatic carbocycles. The summed E-state index contributed by atoms with van der Waals surface area (Å²) < 4.78 is 5.49. The Balaban J connectivity index is 1.32. The topological polar surface area (TPSA) is 164 Å². The van der Waals surface area contributed by atoms with Gasteiger partial charge in [0.05, 0.1) is 23.6 Å². The number of ketones is 1. The van der Waals surface area contributed by atoms with Crippen LogP contribution in [0.5, 0.6) is 0 Å². The fourth-order valence-electron chi connectivity index (χ4n) is 8.19. The summed E-state index contributed by atoms with van der Waals surface area (Å²) in [6.45, 7) is 12.3. The van der Waals surface area contributed by atoms with Crippen LogP contribution < -0.4 is 21.7 Å². The van der Waals surface area contributed by atoms with E-state index in [1.165, 1.54) is 0 Å². The van der Waals surface area contributed by atoms with Crippen LogP contribution >= 0.6 is 11.8 Å². The maximum Gasteiger partial charge on any atom is 0.315 e. The Morgan fingerprint density at radius 1 is 1.06 bits per heavy atom. The van der Waals surface area contributed by atoms with E-state index in [4.69, 9.17) is 10.2 Å². The first-order valence-corrected chi connectivity index (χ1v) is 18.3. The summed E-state index contributed by atoms with van der Waals surface area (Å²) in [4.78, 5) is 68.5. The lowest BCUT2D eigenvalue weighted by Gasteiger charge is -2.41. The number of rotatable bonds is 13. The van der Waals surface area contributed by atoms with Crippen molar-refractivity contribution in [3.05, 3.63) is 24.2 Å². The molecule has 0 spiro atoms. The summed E-state index contributed by atoms with van der Waals surface area (Å²) >= 11 is 1.72. The average molecular weight is 672 g/mol. The average Bonchev–Trinajstić information content (AvgIpc) is 3.69. The van der Waals surface area contributed by atoms with Crippen LogP contribution in [0.25, 0.3) is 0 Å². The molecule has 260 valence electrons. The molecular formula is C35H53N5O6S. The van der Waals surface area contributed by atoms with Gasteiger partial charge in [-0.2, -0.15) is 11.8 Å². The van der Waals surface area contributed by atoms with Gasteiger partial charge >= 0.3 is 6.03 Å². The molecule has 3 saturated carbocycles. The molecule has 0 radical (unpaired) electrons. The van der Waals surface area contributed by atoms with E-state index < -0.39 is 58.1 Å². The summed E-state index contributed by atoms with van der Waals surface area (Å²) in [5.41, 5.74) is 3.54. The van der Waals surface area contributed by atoms with Crippen molar-refractivity contribution in [2.75, 3.05) is 12.3 Å². The molecule has 1 saturated heterocycles. The number of likely N-dealkylation sites (tertiary alicyclic amines) is 1. The van der Waals surface area contributed by atoms with Crippen molar-refractivity contribution in [1.82, 2.24) is 20.9 Å². The molecule has 47 heavy (non-hydrogen) atoms. The lowest BCUT2D eigenvalue weighted by atomic mass is 9.82. The number of hydrogen-bond donors (Lipinski definition) is 4. The van der Waals surface area contributed by atoms with Gasteiger partial charge in [-0.1, -0.05) is 73.6 Å². The number of carbonyl (C=O) groups is 5. The third-order valence-electron chi connectivity index (χ3n) is 11.6. The van der Waals surface area contributed by atoms with Gasteiger partial charge in [-0.15, -0.1) is 0 Å². The van der Waals surface area contributed by atoms with Gasteiger partial charge in [0.2, 0.25) is 17.6 Å². The van der Waals surface area contributed by atoms with Gasteiger partial charge in [-0.25, -0.2) is 4.79 Å². The number of Topliss-reactive ketones (excluding diaryl/α,β-unsaturated/α-hetero) is 1. The number of primary amides is 1. The Labute approximate surface area is 282 Å². The smallest absolute Gasteiger partial charge is 0.315 e. The van der Waals surface area contributed by atoms with Crippen LogP contribution in [0.4, 0.5) is 4.79 Å².